The van der Waals surface area contributed by atoms with E-state index in [1.165, 1.54) is 6.20 Å². The molecule has 1 aromatic heterocycles. The number of aromatic nitrogens is 1. The van der Waals surface area contributed by atoms with Gasteiger partial charge in [0.25, 0.3) is 0 Å². The number of aromatic amines is 1. The second-order valence-electron chi connectivity index (χ2n) is 7.36. The Morgan fingerprint density at radius 3 is 2.74 bits per heavy atom. The highest BCUT2D eigenvalue weighted by Crippen LogP contribution is 2.32. The summed E-state index contributed by atoms with van der Waals surface area (Å²) in [5.41, 5.74) is 1.89. The molecule has 3 rings (SSSR count). The number of aliphatic hydroxyl groups is 4. The number of benzene rings is 1. The van der Waals surface area contributed by atoms with E-state index in [-0.39, 0.29) is 5.75 Å². The number of carbonyl (C=O) groups is 1. The molecule has 4 unspecified atom stereocenters. The van der Waals surface area contributed by atoms with Gasteiger partial charge in [-0.3, -0.25) is 0 Å². The lowest BCUT2D eigenvalue weighted by Gasteiger charge is -2.22. The van der Waals surface area contributed by atoms with Crippen molar-refractivity contribution in [2.24, 2.45) is 5.92 Å². The van der Waals surface area contributed by atoms with Crippen LogP contribution in [0.3, 0.4) is 0 Å². The third kappa shape index (κ3) is 3.85. The first kappa shape index (κ1) is 19.8. The predicted molar refractivity (Wildman–Crippen MR) is 96.0 cm³/mol. The molecule has 0 radical (unpaired) electrons. The molecule has 1 aliphatic heterocycles. The topological polar surface area (TPSA) is 132 Å². The van der Waals surface area contributed by atoms with Crippen LogP contribution in [-0.4, -0.2) is 62.1 Å². The van der Waals surface area contributed by atoms with E-state index in [9.17, 15) is 20.1 Å². The van der Waals surface area contributed by atoms with Crippen molar-refractivity contribution in [3.8, 4) is 5.75 Å². The third-order valence-electron chi connectivity index (χ3n) is 4.81. The molecular formula is C19H25NO7. The molecule has 8 nitrogen and oxygen atoms in total. The molecule has 2 aromatic rings. The van der Waals surface area contributed by atoms with E-state index in [1.54, 1.807) is 0 Å². The van der Waals surface area contributed by atoms with Crippen molar-refractivity contribution in [3.63, 3.8) is 0 Å². The summed E-state index contributed by atoms with van der Waals surface area (Å²) in [6.45, 7) is 3.33. The zero-order chi connectivity index (χ0) is 19.8. The van der Waals surface area contributed by atoms with Gasteiger partial charge < -0.3 is 34.9 Å². The second kappa shape index (κ2) is 7.57. The van der Waals surface area contributed by atoms with Crippen LogP contribution < -0.4 is 4.74 Å². The average molecular weight is 379 g/mol. The van der Waals surface area contributed by atoms with Gasteiger partial charge in [-0.05, 0) is 36.5 Å². The Bertz CT molecular complexity index is 817. The van der Waals surface area contributed by atoms with Crippen LogP contribution >= 0.6 is 0 Å². The van der Waals surface area contributed by atoms with Crippen LogP contribution in [0.4, 0.5) is 0 Å². The lowest BCUT2D eigenvalue weighted by atomic mass is 10.0. The zero-order valence-electron chi connectivity index (χ0n) is 15.3. The largest absolute Gasteiger partial charge is 0.422 e. The van der Waals surface area contributed by atoms with Crippen molar-refractivity contribution in [1.29, 1.82) is 0 Å². The maximum absolute atomic E-state index is 12.4. The summed E-state index contributed by atoms with van der Waals surface area (Å²) in [5.74, 6) is -2.56. The minimum absolute atomic E-state index is 0.256. The number of ether oxygens (including phenoxy) is 2. The molecular weight excluding hydrogens is 354 g/mol. The third-order valence-corrected chi connectivity index (χ3v) is 4.81. The first-order valence-electron chi connectivity index (χ1n) is 8.94. The summed E-state index contributed by atoms with van der Waals surface area (Å²) in [4.78, 5) is 15.4. The van der Waals surface area contributed by atoms with Crippen molar-refractivity contribution in [3.05, 3.63) is 30.0 Å². The second-order valence-corrected chi connectivity index (χ2v) is 7.36. The van der Waals surface area contributed by atoms with Gasteiger partial charge in [-0.1, -0.05) is 19.9 Å². The Kier molecular flexibility index (Phi) is 5.55. The van der Waals surface area contributed by atoms with Crippen molar-refractivity contribution in [2.45, 2.75) is 50.8 Å². The summed E-state index contributed by atoms with van der Waals surface area (Å²) in [6, 6.07) is 5.84. The van der Waals surface area contributed by atoms with E-state index >= 15 is 0 Å². The molecule has 0 spiro atoms. The molecule has 1 fully saturated rings. The van der Waals surface area contributed by atoms with Gasteiger partial charge in [0.15, 0.2) is 11.9 Å². The number of hydrogen-bond acceptors (Lipinski definition) is 7. The zero-order valence-corrected chi connectivity index (χ0v) is 15.3. The fourth-order valence-corrected chi connectivity index (χ4v) is 3.11. The number of esters is 1. The van der Waals surface area contributed by atoms with Crippen LogP contribution in [0.25, 0.3) is 10.9 Å². The van der Waals surface area contributed by atoms with E-state index in [0.29, 0.717) is 11.3 Å². The number of carbonyl (C=O) groups excluding carboxylic acids is 1. The molecule has 5 N–H and O–H groups in total. The van der Waals surface area contributed by atoms with Gasteiger partial charge >= 0.3 is 5.97 Å². The predicted octanol–water partition coefficient (Wildman–Crippen LogP) is 0.463. The quantitative estimate of drug-likeness (QED) is 0.461. The van der Waals surface area contributed by atoms with E-state index in [4.69, 9.17) is 14.6 Å². The van der Waals surface area contributed by atoms with Crippen LogP contribution in [0.2, 0.25) is 0 Å². The fraction of sp³-hybridized carbons (Fsp3) is 0.526. The SMILES string of the molecule is CC(C)CCc1ccc2[nH]cc(OC(=O)C3OC(O)(CO)C(O)C3O)c2c1. The number of fused-ring (bicyclic) bond motifs is 1. The molecule has 1 saturated heterocycles. The number of hydrogen-bond donors (Lipinski definition) is 5. The van der Waals surface area contributed by atoms with Crippen molar-refractivity contribution < 1.29 is 34.7 Å². The molecule has 4 atom stereocenters. The van der Waals surface area contributed by atoms with Gasteiger partial charge in [0.2, 0.25) is 5.79 Å². The van der Waals surface area contributed by atoms with Gasteiger partial charge in [-0.15, -0.1) is 0 Å². The standard InChI is InChI=1S/C19H25NO7/c1-10(2)3-4-11-5-6-13-12(7-11)14(8-20-13)26-18(24)16-15(22)17(23)19(25,9-21)27-16/h5-8,10,15-17,20-23,25H,3-4,9H2,1-2H3. The molecule has 148 valence electrons. The Morgan fingerprint density at radius 2 is 2.11 bits per heavy atom. The van der Waals surface area contributed by atoms with Crippen molar-refractivity contribution >= 4 is 16.9 Å². The van der Waals surface area contributed by atoms with E-state index < -0.39 is 36.7 Å². The lowest BCUT2D eigenvalue weighted by Crippen LogP contribution is -2.46. The molecule has 0 amide bonds. The summed E-state index contributed by atoms with van der Waals surface area (Å²) in [7, 11) is 0. The number of aryl methyl sites for hydroxylation is 1. The molecule has 0 aliphatic carbocycles. The molecule has 8 heteroatoms. The normalized spacial score (nSPS) is 28.2. The average Bonchev–Trinajstić information content (AvgIpc) is 3.14. The summed E-state index contributed by atoms with van der Waals surface area (Å²) in [5, 5.41) is 39.5. The minimum atomic E-state index is -2.41. The monoisotopic (exact) mass is 379 g/mol. The molecule has 27 heavy (non-hydrogen) atoms. The van der Waals surface area contributed by atoms with Crippen LogP contribution in [0.5, 0.6) is 5.75 Å². The van der Waals surface area contributed by atoms with E-state index in [1.807, 2.05) is 18.2 Å². The Labute approximate surface area is 156 Å². The Morgan fingerprint density at radius 1 is 1.37 bits per heavy atom. The number of aliphatic hydroxyl groups excluding tert-OH is 3. The molecule has 1 aliphatic rings. The van der Waals surface area contributed by atoms with Crippen LogP contribution in [0.15, 0.2) is 24.4 Å². The first-order chi connectivity index (χ1) is 12.7. The first-order valence-corrected chi connectivity index (χ1v) is 8.94. The summed E-state index contributed by atoms with van der Waals surface area (Å²) < 4.78 is 10.3. The smallest absolute Gasteiger partial charge is 0.343 e. The molecule has 0 saturated carbocycles. The highest BCUT2D eigenvalue weighted by atomic mass is 16.7. The molecule has 1 aromatic carbocycles. The highest BCUT2D eigenvalue weighted by molar-refractivity contribution is 5.90. The van der Waals surface area contributed by atoms with Gasteiger partial charge in [0.1, 0.15) is 12.2 Å². The van der Waals surface area contributed by atoms with Gasteiger partial charge in [0.05, 0.1) is 6.61 Å². The number of rotatable bonds is 6. The van der Waals surface area contributed by atoms with Crippen LogP contribution in [0, 0.1) is 5.92 Å². The Balaban J connectivity index is 1.78. The van der Waals surface area contributed by atoms with Gasteiger partial charge in [-0.25, -0.2) is 4.79 Å². The molecule has 2 heterocycles. The summed E-state index contributed by atoms with van der Waals surface area (Å²) in [6.07, 6.45) is -1.72. The van der Waals surface area contributed by atoms with Crippen molar-refractivity contribution in [1.82, 2.24) is 4.98 Å². The highest BCUT2D eigenvalue weighted by Gasteiger charge is 2.56. The van der Waals surface area contributed by atoms with E-state index in [0.717, 1.165) is 23.9 Å². The van der Waals surface area contributed by atoms with Crippen molar-refractivity contribution in [2.75, 3.05) is 6.61 Å². The maximum atomic E-state index is 12.4. The van der Waals surface area contributed by atoms with E-state index in [2.05, 4.69) is 18.8 Å². The van der Waals surface area contributed by atoms with Crippen LogP contribution in [-0.2, 0) is 16.0 Å². The van der Waals surface area contributed by atoms with Gasteiger partial charge in [-0.2, -0.15) is 0 Å². The number of H-pyrrole nitrogens is 1. The molecule has 0 bridgehead atoms. The lowest BCUT2D eigenvalue weighted by molar-refractivity contribution is -0.246. The van der Waals surface area contributed by atoms with Crippen LogP contribution in [0.1, 0.15) is 25.8 Å². The summed E-state index contributed by atoms with van der Waals surface area (Å²) >= 11 is 0. The number of nitrogens with one attached hydrogen (secondary N) is 1. The Hall–Kier alpha value is -1.97. The van der Waals surface area contributed by atoms with Gasteiger partial charge in [0, 0.05) is 17.1 Å². The minimum Gasteiger partial charge on any atom is -0.422 e. The maximum Gasteiger partial charge on any atom is 0.343 e. The fourth-order valence-electron chi connectivity index (χ4n) is 3.11.